The molecule has 2 N–H and O–H groups in total. The lowest BCUT2D eigenvalue weighted by atomic mass is 9.81. The van der Waals surface area contributed by atoms with Crippen LogP contribution in [0.3, 0.4) is 0 Å². The van der Waals surface area contributed by atoms with Gasteiger partial charge in [0, 0.05) is 25.2 Å². The first kappa shape index (κ1) is 28.5. The minimum Gasteiger partial charge on any atom is -0.445 e. The number of nitrogens with zero attached hydrogens (tertiary/aromatic N) is 2. The van der Waals surface area contributed by atoms with Gasteiger partial charge in [0.1, 0.15) is 18.2 Å². The number of amides is 3. The highest BCUT2D eigenvalue weighted by Gasteiger charge is 2.45. The Bertz CT molecular complexity index is 901. The fourth-order valence-corrected chi connectivity index (χ4v) is 4.21. The van der Waals surface area contributed by atoms with E-state index in [4.69, 9.17) is 21.1 Å². The van der Waals surface area contributed by atoms with Gasteiger partial charge in [-0.1, -0.05) is 36.4 Å². The maximum atomic E-state index is 13.5. The predicted molar refractivity (Wildman–Crippen MR) is 133 cm³/mol. The number of alkyl carbamates (subject to hydrolysis) is 1. The topological polar surface area (TPSA) is 108 Å². The Morgan fingerprint density at radius 3 is 2.54 bits per heavy atom. The second kappa shape index (κ2) is 12.3. The summed E-state index contributed by atoms with van der Waals surface area (Å²) < 4.78 is 10.5. The molecule has 194 valence electrons. The highest BCUT2D eigenvalue weighted by Crippen LogP contribution is 2.32. The molecule has 0 saturated carbocycles. The van der Waals surface area contributed by atoms with E-state index < -0.39 is 41.9 Å². The van der Waals surface area contributed by atoms with Gasteiger partial charge in [-0.05, 0) is 57.7 Å². The van der Waals surface area contributed by atoms with Gasteiger partial charge in [0.2, 0.25) is 5.91 Å². The molecule has 0 radical (unpaired) electrons. The van der Waals surface area contributed by atoms with E-state index in [1.165, 1.54) is 11.0 Å². The number of carbonyl (C=O) groups excluding carboxylic acids is 3. The van der Waals surface area contributed by atoms with Gasteiger partial charge >= 0.3 is 12.2 Å². The number of benzene rings is 1. The van der Waals surface area contributed by atoms with Crippen LogP contribution in [0.5, 0.6) is 0 Å². The third-order valence-corrected chi connectivity index (χ3v) is 6.05. The zero-order chi connectivity index (χ0) is 26.2. The monoisotopic (exact) mass is 509 g/mol. The van der Waals surface area contributed by atoms with Crippen LogP contribution in [-0.2, 0) is 20.7 Å². The molecular weight excluding hydrogens is 474 g/mol. The van der Waals surface area contributed by atoms with E-state index in [2.05, 4.69) is 11.9 Å². The first-order chi connectivity index (χ1) is 16.4. The summed E-state index contributed by atoms with van der Waals surface area (Å²) in [6.45, 7) is 8.96. The lowest BCUT2D eigenvalue weighted by Gasteiger charge is -2.49. The molecule has 9 nitrogen and oxygen atoms in total. The number of halogens is 1. The van der Waals surface area contributed by atoms with Gasteiger partial charge in [0.25, 0.3) is 0 Å². The fourth-order valence-electron chi connectivity index (χ4n) is 4.09. The van der Waals surface area contributed by atoms with Gasteiger partial charge in [-0.3, -0.25) is 4.79 Å². The number of aliphatic hydroxyl groups is 1. The molecule has 35 heavy (non-hydrogen) atoms. The van der Waals surface area contributed by atoms with Gasteiger partial charge in [-0.25, -0.2) is 9.59 Å². The van der Waals surface area contributed by atoms with Crippen LogP contribution in [0.4, 0.5) is 9.59 Å². The average Bonchev–Trinajstić information content (AvgIpc) is 2.80. The number of ether oxygens (including phenoxy) is 2. The van der Waals surface area contributed by atoms with Crippen molar-refractivity contribution in [2.24, 2.45) is 0 Å². The van der Waals surface area contributed by atoms with E-state index in [0.29, 0.717) is 30.8 Å². The van der Waals surface area contributed by atoms with Crippen molar-refractivity contribution in [3.8, 4) is 0 Å². The van der Waals surface area contributed by atoms with Crippen LogP contribution < -0.4 is 5.32 Å². The molecule has 1 fully saturated rings. The molecule has 0 aromatic heterocycles. The molecule has 0 spiro atoms. The van der Waals surface area contributed by atoms with E-state index in [9.17, 15) is 19.5 Å². The van der Waals surface area contributed by atoms with Gasteiger partial charge in [0.15, 0.2) is 0 Å². The quantitative estimate of drug-likeness (QED) is 0.520. The SMILES string of the molecule is C=CCOC(=O)N[C@@H](CO)C(=O)N(C)[C@@]1(Cc2ccc(Cl)cc2)CCCN(C(=O)OC(C)(C)C)C1. The maximum Gasteiger partial charge on any atom is 0.410 e. The number of hydrogen-bond acceptors (Lipinski definition) is 6. The molecule has 0 aliphatic carbocycles. The van der Waals surface area contributed by atoms with E-state index in [1.807, 2.05) is 12.1 Å². The summed E-state index contributed by atoms with van der Waals surface area (Å²) in [6, 6.07) is 6.09. The second-order valence-corrected chi connectivity index (χ2v) is 10.1. The predicted octanol–water partition coefficient (Wildman–Crippen LogP) is 3.38. The fraction of sp³-hybridized carbons (Fsp3) is 0.560. The summed E-state index contributed by atoms with van der Waals surface area (Å²) in [5, 5.41) is 12.8. The zero-order valence-corrected chi connectivity index (χ0v) is 21.6. The minimum atomic E-state index is -1.21. The van der Waals surface area contributed by atoms with E-state index >= 15 is 0 Å². The van der Waals surface area contributed by atoms with Crippen molar-refractivity contribution >= 4 is 29.7 Å². The summed E-state index contributed by atoms with van der Waals surface area (Å²) in [5.74, 6) is -0.497. The molecule has 3 amide bonds. The highest BCUT2D eigenvalue weighted by atomic mass is 35.5. The number of nitrogens with one attached hydrogen (secondary N) is 1. The normalized spacial score (nSPS) is 18.9. The Morgan fingerprint density at radius 1 is 1.31 bits per heavy atom. The molecule has 1 aliphatic rings. The Hall–Kier alpha value is -2.78. The van der Waals surface area contributed by atoms with Crippen LogP contribution in [0.2, 0.25) is 5.02 Å². The smallest absolute Gasteiger partial charge is 0.410 e. The minimum absolute atomic E-state index is 0.0284. The average molecular weight is 510 g/mol. The van der Waals surface area contributed by atoms with Crippen LogP contribution in [0.25, 0.3) is 0 Å². The Balaban J connectivity index is 2.34. The van der Waals surface area contributed by atoms with Crippen LogP contribution in [0.1, 0.15) is 39.2 Å². The zero-order valence-electron chi connectivity index (χ0n) is 20.9. The molecule has 10 heteroatoms. The van der Waals surface area contributed by atoms with Gasteiger partial charge < -0.3 is 29.7 Å². The molecule has 0 unspecified atom stereocenters. The first-order valence-corrected chi connectivity index (χ1v) is 11.9. The third-order valence-electron chi connectivity index (χ3n) is 5.80. The number of carbonyl (C=O) groups is 3. The van der Waals surface area contributed by atoms with Crippen molar-refractivity contribution < 1.29 is 29.0 Å². The van der Waals surface area contributed by atoms with Crippen LogP contribution >= 0.6 is 11.6 Å². The van der Waals surface area contributed by atoms with Crippen molar-refractivity contribution in [3.05, 3.63) is 47.5 Å². The van der Waals surface area contributed by atoms with Crippen LogP contribution in [-0.4, -0.2) is 83.5 Å². The number of likely N-dealkylation sites (tertiary alicyclic amines) is 1. The van der Waals surface area contributed by atoms with E-state index in [1.54, 1.807) is 44.9 Å². The molecule has 1 saturated heterocycles. The second-order valence-electron chi connectivity index (χ2n) is 9.70. The summed E-state index contributed by atoms with van der Waals surface area (Å²) in [7, 11) is 1.62. The first-order valence-electron chi connectivity index (χ1n) is 11.6. The molecular formula is C25H36ClN3O6. The number of rotatable bonds is 8. The molecule has 2 atom stereocenters. The number of piperidine rings is 1. The van der Waals surface area contributed by atoms with E-state index in [0.717, 1.165) is 5.56 Å². The molecule has 1 aromatic carbocycles. The molecule has 1 aliphatic heterocycles. The number of likely N-dealkylation sites (N-methyl/N-ethyl adjacent to an activating group) is 1. The summed E-state index contributed by atoms with van der Waals surface area (Å²) >= 11 is 6.05. The van der Waals surface area contributed by atoms with Crippen molar-refractivity contribution in [3.63, 3.8) is 0 Å². The standard InChI is InChI=1S/C25H36ClN3O6/c1-6-14-34-22(32)27-20(16-30)21(31)28(5)25(15-18-8-10-19(26)11-9-18)12-7-13-29(17-25)23(33)35-24(2,3)4/h6,8-11,20,30H,1,7,12-17H2,2-5H3,(H,27,32)/t20-,25+/m0/s1. The lowest BCUT2D eigenvalue weighted by Crippen LogP contribution is -2.64. The summed E-state index contributed by atoms with van der Waals surface area (Å²) in [4.78, 5) is 41.5. The van der Waals surface area contributed by atoms with Crippen LogP contribution in [0, 0.1) is 0 Å². The third kappa shape index (κ3) is 8.14. The summed E-state index contributed by atoms with van der Waals surface area (Å²) in [5.41, 5.74) is -0.536. The molecule has 1 heterocycles. The van der Waals surface area contributed by atoms with Crippen molar-refractivity contribution in [2.75, 3.05) is 33.4 Å². The van der Waals surface area contributed by atoms with E-state index in [-0.39, 0.29) is 13.2 Å². The Kier molecular flexibility index (Phi) is 9.97. The van der Waals surface area contributed by atoms with Gasteiger partial charge in [-0.15, -0.1) is 0 Å². The Labute approximate surface area is 212 Å². The van der Waals surface area contributed by atoms with Gasteiger partial charge in [0.05, 0.1) is 12.1 Å². The van der Waals surface area contributed by atoms with Crippen molar-refractivity contribution in [1.29, 1.82) is 0 Å². The maximum absolute atomic E-state index is 13.5. The highest BCUT2D eigenvalue weighted by molar-refractivity contribution is 6.30. The molecule has 2 rings (SSSR count). The van der Waals surface area contributed by atoms with Crippen LogP contribution in [0.15, 0.2) is 36.9 Å². The lowest BCUT2D eigenvalue weighted by molar-refractivity contribution is -0.141. The molecule has 0 bridgehead atoms. The summed E-state index contributed by atoms with van der Waals surface area (Å²) in [6.07, 6.45) is 1.79. The largest absolute Gasteiger partial charge is 0.445 e. The number of aliphatic hydroxyl groups excluding tert-OH is 1. The van der Waals surface area contributed by atoms with Crippen molar-refractivity contribution in [1.82, 2.24) is 15.1 Å². The van der Waals surface area contributed by atoms with Crippen molar-refractivity contribution in [2.45, 2.75) is 57.2 Å². The Morgan fingerprint density at radius 2 is 1.97 bits per heavy atom. The molecule has 1 aromatic rings. The van der Waals surface area contributed by atoms with Gasteiger partial charge in [-0.2, -0.15) is 0 Å². The number of hydrogen-bond donors (Lipinski definition) is 2.